The van der Waals surface area contributed by atoms with E-state index in [1.165, 1.54) is 6.07 Å². The van der Waals surface area contributed by atoms with Crippen LogP contribution in [0.15, 0.2) is 6.07 Å². The van der Waals surface area contributed by atoms with Crippen LogP contribution < -0.4 is 10.6 Å². The molecular formula is C11H11N5S. The summed E-state index contributed by atoms with van der Waals surface area (Å²) < 4.78 is 0. The lowest BCUT2D eigenvalue weighted by Gasteiger charge is -2.28. The van der Waals surface area contributed by atoms with Crippen LogP contribution >= 0.6 is 11.8 Å². The molecule has 0 spiro atoms. The Balaban J connectivity index is 2.43. The van der Waals surface area contributed by atoms with Crippen LogP contribution in [0.3, 0.4) is 0 Å². The number of nitrogen functional groups attached to an aromatic ring is 1. The number of rotatable bonds is 1. The van der Waals surface area contributed by atoms with Crippen molar-refractivity contribution in [3.05, 3.63) is 17.2 Å². The van der Waals surface area contributed by atoms with Gasteiger partial charge in [0, 0.05) is 24.6 Å². The van der Waals surface area contributed by atoms with E-state index in [-0.39, 0.29) is 11.4 Å². The van der Waals surface area contributed by atoms with E-state index >= 15 is 0 Å². The first kappa shape index (κ1) is 11.6. The van der Waals surface area contributed by atoms with E-state index in [1.807, 2.05) is 22.7 Å². The molecule has 0 unspecified atom stereocenters. The maximum absolute atomic E-state index is 9.09. The number of hydrogen-bond acceptors (Lipinski definition) is 6. The smallest absolute Gasteiger partial charge is 0.149 e. The summed E-state index contributed by atoms with van der Waals surface area (Å²) in [5.74, 6) is 2.84. The molecule has 1 fully saturated rings. The lowest BCUT2D eigenvalue weighted by molar-refractivity contribution is 0.838. The van der Waals surface area contributed by atoms with Crippen molar-refractivity contribution in [1.29, 1.82) is 10.5 Å². The summed E-state index contributed by atoms with van der Waals surface area (Å²) in [4.78, 5) is 6.24. The third-order valence-electron chi connectivity index (χ3n) is 2.58. The van der Waals surface area contributed by atoms with Gasteiger partial charge >= 0.3 is 0 Å². The van der Waals surface area contributed by atoms with E-state index in [4.69, 9.17) is 16.3 Å². The molecule has 1 saturated heterocycles. The van der Waals surface area contributed by atoms with Gasteiger partial charge in [0.25, 0.3) is 0 Å². The van der Waals surface area contributed by atoms with Gasteiger partial charge in [-0.05, 0) is 6.07 Å². The fraction of sp³-hybridized carbons (Fsp3) is 0.364. The Morgan fingerprint density at radius 1 is 1.24 bits per heavy atom. The molecule has 0 amide bonds. The molecule has 6 heteroatoms. The minimum Gasteiger partial charge on any atom is -0.383 e. The number of nitriles is 2. The number of hydrogen-bond donors (Lipinski definition) is 1. The van der Waals surface area contributed by atoms with Crippen LogP contribution in [-0.2, 0) is 0 Å². The van der Waals surface area contributed by atoms with Gasteiger partial charge in [-0.25, -0.2) is 4.98 Å². The summed E-state index contributed by atoms with van der Waals surface area (Å²) in [5.41, 5.74) is 6.37. The quantitative estimate of drug-likeness (QED) is 0.792. The lowest BCUT2D eigenvalue weighted by atomic mass is 10.2. The molecule has 86 valence electrons. The first-order chi connectivity index (χ1) is 8.26. The summed E-state index contributed by atoms with van der Waals surface area (Å²) in [6.07, 6.45) is 0. The maximum Gasteiger partial charge on any atom is 0.149 e. The second-order valence-electron chi connectivity index (χ2n) is 3.62. The van der Waals surface area contributed by atoms with E-state index in [2.05, 4.69) is 11.1 Å². The third-order valence-corrected chi connectivity index (χ3v) is 3.53. The predicted molar refractivity (Wildman–Crippen MR) is 67.6 cm³/mol. The van der Waals surface area contributed by atoms with Crippen molar-refractivity contribution in [3.63, 3.8) is 0 Å². The molecule has 0 aromatic carbocycles. The minimum atomic E-state index is 0.194. The van der Waals surface area contributed by atoms with Gasteiger partial charge in [0.1, 0.15) is 23.8 Å². The van der Waals surface area contributed by atoms with Gasteiger partial charge in [0.15, 0.2) is 0 Å². The average molecular weight is 245 g/mol. The van der Waals surface area contributed by atoms with Crippen molar-refractivity contribution in [3.8, 4) is 12.1 Å². The molecule has 2 rings (SSSR count). The Morgan fingerprint density at radius 3 is 2.47 bits per heavy atom. The monoisotopic (exact) mass is 245 g/mol. The highest BCUT2D eigenvalue weighted by Crippen LogP contribution is 2.24. The Hall–Kier alpha value is -1.92. The Bertz CT molecular complexity index is 508. The van der Waals surface area contributed by atoms with E-state index < -0.39 is 0 Å². The van der Waals surface area contributed by atoms with Crippen LogP contribution in [0, 0.1) is 22.7 Å². The van der Waals surface area contributed by atoms with E-state index in [9.17, 15) is 0 Å². The lowest BCUT2D eigenvalue weighted by Crippen LogP contribution is -2.34. The molecule has 1 aliphatic rings. The number of nitrogens with two attached hydrogens (primary N) is 1. The maximum atomic E-state index is 9.09. The summed E-state index contributed by atoms with van der Waals surface area (Å²) in [5, 5.41) is 17.9. The molecular weight excluding hydrogens is 234 g/mol. The molecule has 1 aliphatic heterocycles. The van der Waals surface area contributed by atoms with Crippen molar-refractivity contribution in [2.75, 3.05) is 35.2 Å². The van der Waals surface area contributed by atoms with Crippen molar-refractivity contribution >= 4 is 23.4 Å². The molecule has 0 aliphatic carbocycles. The number of nitrogens with zero attached hydrogens (tertiary/aromatic N) is 4. The normalized spacial score (nSPS) is 15.1. The summed E-state index contributed by atoms with van der Waals surface area (Å²) in [6, 6.07) is 5.53. The largest absolute Gasteiger partial charge is 0.383 e. The Labute approximate surface area is 104 Å². The number of anilines is 2. The number of aromatic nitrogens is 1. The van der Waals surface area contributed by atoms with Crippen molar-refractivity contribution in [2.45, 2.75) is 0 Å². The van der Waals surface area contributed by atoms with Crippen molar-refractivity contribution in [1.82, 2.24) is 4.98 Å². The molecule has 17 heavy (non-hydrogen) atoms. The van der Waals surface area contributed by atoms with Gasteiger partial charge in [0.2, 0.25) is 0 Å². The topological polar surface area (TPSA) is 89.7 Å². The second-order valence-corrected chi connectivity index (χ2v) is 4.84. The standard InChI is InChI=1S/C11H11N5S/c12-6-8-5-9(7-13)11(15-10(8)14)16-1-3-17-4-2-16/h5H,1-4H2,(H2,14,15). The van der Waals surface area contributed by atoms with Crippen LogP contribution in [0.25, 0.3) is 0 Å². The van der Waals surface area contributed by atoms with E-state index in [1.54, 1.807) is 0 Å². The van der Waals surface area contributed by atoms with Crippen LogP contribution in [0.5, 0.6) is 0 Å². The van der Waals surface area contributed by atoms with Crippen LogP contribution in [0.1, 0.15) is 11.1 Å². The molecule has 0 radical (unpaired) electrons. The Kier molecular flexibility index (Phi) is 3.36. The third kappa shape index (κ3) is 2.27. The SMILES string of the molecule is N#Cc1cc(C#N)c(N2CCSCC2)nc1N. The summed E-state index contributed by atoms with van der Waals surface area (Å²) >= 11 is 1.88. The molecule has 0 bridgehead atoms. The summed E-state index contributed by atoms with van der Waals surface area (Å²) in [6.45, 7) is 1.72. The zero-order valence-electron chi connectivity index (χ0n) is 9.18. The molecule has 5 nitrogen and oxygen atoms in total. The fourth-order valence-electron chi connectivity index (χ4n) is 1.71. The molecule has 1 aromatic rings. The minimum absolute atomic E-state index is 0.194. The van der Waals surface area contributed by atoms with E-state index in [0.717, 1.165) is 24.6 Å². The van der Waals surface area contributed by atoms with E-state index in [0.29, 0.717) is 11.4 Å². The number of thioether (sulfide) groups is 1. The highest BCUT2D eigenvalue weighted by atomic mass is 32.2. The van der Waals surface area contributed by atoms with Crippen LogP contribution in [0.4, 0.5) is 11.6 Å². The number of pyridine rings is 1. The van der Waals surface area contributed by atoms with Gasteiger partial charge in [-0.2, -0.15) is 22.3 Å². The van der Waals surface area contributed by atoms with Gasteiger partial charge < -0.3 is 10.6 Å². The zero-order chi connectivity index (χ0) is 12.3. The molecule has 1 aromatic heterocycles. The summed E-state index contributed by atoms with van der Waals surface area (Å²) in [7, 11) is 0. The fourth-order valence-corrected chi connectivity index (χ4v) is 2.61. The predicted octanol–water partition coefficient (Wildman–Crippen LogP) is 0.960. The first-order valence-electron chi connectivity index (χ1n) is 5.19. The highest BCUT2D eigenvalue weighted by molar-refractivity contribution is 7.99. The van der Waals surface area contributed by atoms with Gasteiger partial charge in [-0.15, -0.1) is 0 Å². The molecule has 2 heterocycles. The van der Waals surface area contributed by atoms with Crippen molar-refractivity contribution < 1.29 is 0 Å². The zero-order valence-corrected chi connectivity index (χ0v) is 10.00. The Morgan fingerprint density at radius 2 is 1.88 bits per heavy atom. The van der Waals surface area contributed by atoms with Gasteiger partial charge in [0.05, 0.1) is 11.1 Å². The first-order valence-corrected chi connectivity index (χ1v) is 6.35. The van der Waals surface area contributed by atoms with Gasteiger partial charge in [-0.3, -0.25) is 0 Å². The van der Waals surface area contributed by atoms with Crippen LogP contribution in [-0.4, -0.2) is 29.6 Å². The van der Waals surface area contributed by atoms with Crippen LogP contribution in [0.2, 0.25) is 0 Å². The molecule has 0 saturated carbocycles. The molecule has 0 atom stereocenters. The second kappa shape index (κ2) is 4.94. The van der Waals surface area contributed by atoms with Crippen molar-refractivity contribution in [2.24, 2.45) is 0 Å². The highest BCUT2D eigenvalue weighted by Gasteiger charge is 2.18. The average Bonchev–Trinajstić information content (AvgIpc) is 2.39. The molecule has 2 N–H and O–H groups in total. The van der Waals surface area contributed by atoms with Gasteiger partial charge in [-0.1, -0.05) is 0 Å².